The lowest BCUT2D eigenvalue weighted by Gasteiger charge is -2.12. The third-order valence-corrected chi connectivity index (χ3v) is 4.61. The molecule has 8 nitrogen and oxygen atoms in total. The fourth-order valence-electron chi connectivity index (χ4n) is 3.04. The predicted molar refractivity (Wildman–Crippen MR) is 112 cm³/mol. The van der Waals surface area contributed by atoms with Gasteiger partial charge in [0.15, 0.2) is 0 Å². The molecule has 0 atom stereocenters. The Hall–Kier alpha value is -3.91. The van der Waals surface area contributed by atoms with Crippen molar-refractivity contribution in [2.75, 3.05) is 7.11 Å². The molecule has 8 heteroatoms. The fraction of sp³-hybridized carbons (Fsp3) is 0.174. The van der Waals surface area contributed by atoms with E-state index in [0.29, 0.717) is 35.3 Å². The number of nitrogens with zero attached hydrogens (tertiary/aromatic N) is 3. The highest BCUT2D eigenvalue weighted by molar-refractivity contribution is 5.89. The van der Waals surface area contributed by atoms with Crippen molar-refractivity contribution in [3.8, 4) is 23.0 Å². The van der Waals surface area contributed by atoms with Crippen LogP contribution in [-0.4, -0.2) is 27.8 Å². The van der Waals surface area contributed by atoms with Gasteiger partial charge >= 0.3 is 5.97 Å². The molecule has 4 aromatic rings. The zero-order chi connectivity index (χ0) is 21.6. The first-order valence-electron chi connectivity index (χ1n) is 9.76. The Morgan fingerprint density at radius 2 is 1.77 bits per heavy atom. The molecular formula is C23H21N3O5. The molecule has 158 valence electrons. The van der Waals surface area contributed by atoms with Gasteiger partial charge in [0.05, 0.1) is 7.11 Å². The van der Waals surface area contributed by atoms with Gasteiger partial charge in [-0.05, 0) is 42.0 Å². The second-order valence-electron chi connectivity index (χ2n) is 6.61. The van der Waals surface area contributed by atoms with Gasteiger partial charge in [-0.2, -0.15) is 4.89 Å². The Morgan fingerprint density at radius 3 is 2.45 bits per heavy atom. The summed E-state index contributed by atoms with van der Waals surface area (Å²) in [6.07, 6.45) is 0.610. The van der Waals surface area contributed by atoms with Crippen molar-refractivity contribution < 1.29 is 23.7 Å². The van der Waals surface area contributed by atoms with Gasteiger partial charge < -0.3 is 9.15 Å². The number of methoxy groups -OCH3 is 1. The molecule has 2 aromatic carbocycles. The SMILES string of the molecule is CCc1nnc(-c2ccc(C(=O)OOCc3ccccc3)n2-c2ccc(OC)cc2)o1. The number of hydrogen-bond acceptors (Lipinski definition) is 7. The van der Waals surface area contributed by atoms with Crippen LogP contribution in [0.3, 0.4) is 0 Å². The molecule has 0 amide bonds. The highest BCUT2D eigenvalue weighted by Crippen LogP contribution is 2.28. The molecule has 0 spiro atoms. The van der Waals surface area contributed by atoms with E-state index < -0.39 is 5.97 Å². The number of carbonyl (C=O) groups excluding carboxylic acids is 1. The van der Waals surface area contributed by atoms with Crippen LogP contribution in [-0.2, 0) is 22.8 Å². The van der Waals surface area contributed by atoms with Crippen LogP contribution in [0.25, 0.3) is 17.3 Å². The van der Waals surface area contributed by atoms with E-state index in [-0.39, 0.29) is 12.3 Å². The maximum Gasteiger partial charge on any atom is 0.389 e. The summed E-state index contributed by atoms with van der Waals surface area (Å²) in [6, 6.07) is 20.0. The number of rotatable bonds is 8. The van der Waals surface area contributed by atoms with E-state index in [1.807, 2.05) is 49.4 Å². The molecule has 2 aromatic heterocycles. The van der Waals surface area contributed by atoms with E-state index in [4.69, 9.17) is 18.9 Å². The summed E-state index contributed by atoms with van der Waals surface area (Å²) >= 11 is 0. The van der Waals surface area contributed by atoms with Crippen molar-refractivity contribution in [3.05, 3.63) is 83.9 Å². The van der Waals surface area contributed by atoms with Gasteiger partial charge in [-0.1, -0.05) is 37.3 Å². The van der Waals surface area contributed by atoms with Gasteiger partial charge in [0.25, 0.3) is 5.89 Å². The van der Waals surface area contributed by atoms with E-state index in [1.165, 1.54) is 0 Å². The lowest BCUT2D eigenvalue weighted by atomic mass is 10.2. The summed E-state index contributed by atoms with van der Waals surface area (Å²) in [5.41, 5.74) is 2.41. The molecule has 0 aliphatic carbocycles. The van der Waals surface area contributed by atoms with E-state index in [1.54, 1.807) is 35.9 Å². The molecule has 0 aliphatic heterocycles. The second-order valence-corrected chi connectivity index (χ2v) is 6.61. The second kappa shape index (κ2) is 9.27. The van der Waals surface area contributed by atoms with Crippen LogP contribution < -0.4 is 4.74 Å². The molecule has 0 fully saturated rings. The summed E-state index contributed by atoms with van der Waals surface area (Å²) < 4.78 is 12.6. The maximum absolute atomic E-state index is 12.8. The molecule has 0 aliphatic rings. The van der Waals surface area contributed by atoms with Crippen molar-refractivity contribution in [1.82, 2.24) is 14.8 Å². The van der Waals surface area contributed by atoms with Crippen LogP contribution in [0.2, 0.25) is 0 Å². The molecule has 0 bridgehead atoms. The molecule has 0 radical (unpaired) electrons. The van der Waals surface area contributed by atoms with Crippen LogP contribution in [0.15, 0.2) is 71.1 Å². The topological polar surface area (TPSA) is 88.6 Å². The molecule has 0 N–H and O–H groups in total. The molecule has 31 heavy (non-hydrogen) atoms. The molecule has 0 saturated carbocycles. The lowest BCUT2D eigenvalue weighted by Crippen LogP contribution is -2.12. The van der Waals surface area contributed by atoms with Crippen molar-refractivity contribution in [1.29, 1.82) is 0 Å². The summed E-state index contributed by atoms with van der Waals surface area (Å²) in [5, 5.41) is 8.13. The van der Waals surface area contributed by atoms with Crippen LogP contribution in [0.5, 0.6) is 5.75 Å². The molecule has 2 heterocycles. The average Bonchev–Trinajstić information content (AvgIpc) is 3.47. The number of aryl methyl sites for hydroxylation is 1. The molecule has 0 unspecified atom stereocenters. The number of hydrogen-bond donors (Lipinski definition) is 0. The van der Waals surface area contributed by atoms with Gasteiger partial charge in [0.1, 0.15) is 23.7 Å². The Balaban J connectivity index is 1.63. The van der Waals surface area contributed by atoms with Gasteiger partial charge in [0, 0.05) is 12.1 Å². The first-order chi connectivity index (χ1) is 15.2. The first kappa shape index (κ1) is 20.4. The smallest absolute Gasteiger partial charge is 0.389 e. The van der Waals surface area contributed by atoms with Gasteiger partial charge in [-0.3, -0.25) is 9.45 Å². The molecular weight excluding hydrogens is 398 g/mol. The van der Waals surface area contributed by atoms with Crippen molar-refractivity contribution >= 4 is 5.97 Å². The summed E-state index contributed by atoms with van der Waals surface area (Å²) in [5.74, 6) is 0.858. The van der Waals surface area contributed by atoms with Crippen LogP contribution in [0.4, 0.5) is 0 Å². The summed E-state index contributed by atoms with van der Waals surface area (Å²) in [4.78, 5) is 23.0. The summed E-state index contributed by atoms with van der Waals surface area (Å²) in [6.45, 7) is 2.07. The van der Waals surface area contributed by atoms with E-state index >= 15 is 0 Å². The highest BCUT2D eigenvalue weighted by Gasteiger charge is 2.22. The van der Waals surface area contributed by atoms with Crippen molar-refractivity contribution in [3.63, 3.8) is 0 Å². The lowest BCUT2D eigenvalue weighted by molar-refractivity contribution is -0.251. The Labute approximate surface area is 178 Å². The third kappa shape index (κ3) is 4.49. The number of aromatic nitrogens is 3. The minimum absolute atomic E-state index is 0.145. The number of carbonyl (C=O) groups is 1. The van der Waals surface area contributed by atoms with Crippen LogP contribution in [0, 0.1) is 0 Å². The predicted octanol–water partition coefficient (Wildman–Crippen LogP) is 4.39. The quantitative estimate of drug-likeness (QED) is 0.309. The Bertz CT molecular complexity index is 1150. The summed E-state index contributed by atoms with van der Waals surface area (Å²) in [7, 11) is 1.59. The largest absolute Gasteiger partial charge is 0.497 e. The van der Waals surface area contributed by atoms with Crippen LogP contribution >= 0.6 is 0 Å². The highest BCUT2D eigenvalue weighted by atomic mass is 17.2. The van der Waals surface area contributed by atoms with Gasteiger partial charge in [-0.25, -0.2) is 4.79 Å². The minimum atomic E-state index is -0.645. The average molecular weight is 419 g/mol. The first-order valence-corrected chi connectivity index (χ1v) is 9.76. The van der Waals surface area contributed by atoms with Crippen LogP contribution in [0.1, 0.15) is 28.9 Å². The minimum Gasteiger partial charge on any atom is -0.497 e. The molecule has 0 saturated heterocycles. The maximum atomic E-state index is 12.8. The molecule has 4 rings (SSSR count). The van der Waals surface area contributed by atoms with Crippen molar-refractivity contribution in [2.24, 2.45) is 0 Å². The van der Waals surface area contributed by atoms with Crippen molar-refractivity contribution in [2.45, 2.75) is 20.0 Å². The third-order valence-electron chi connectivity index (χ3n) is 4.61. The van der Waals surface area contributed by atoms with E-state index in [2.05, 4.69) is 10.2 Å². The monoisotopic (exact) mass is 419 g/mol. The Kier molecular flexibility index (Phi) is 6.09. The van der Waals surface area contributed by atoms with Gasteiger partial charge in [-0.15, -0.1) is 10.2 Å². The standard InChI is InChI=1S/C23H21N3O5/c1-3-21-24-25-22(30-21)19-13-14-20(26(19)17-9-11-18(28-2)12-10-17)23(27)31-29-15-16-7-5-4-6-8-16/h4-14H,3,15H2,1-2H3. The zero-order valence-corrected chi connectivity index (χ0v) is 17.1. The normalized spacial score (nSPS) is 10.8. The van der Waals surface area contributed by atoms with E-state index in [0.717, 1.165) is 5.56 Å². The Morgan fingerprint density at radius 1 is 1.00 bits per heavy atom. The number of ether oxygens (including phenoxy) is 1. The zero-order valence-electron chi connectivity index (χ0n) is 17.1. The van der Waals surface area contributed by atoms with E-state index in [9.17, 15) is 4.79 Å². The van der Waals surface area contributed by atoms with Gasteiger partial charge in [0.2, 0.25) is 5.89 Å². The fourth-order valence-corrected chi connectivity index (χ4v) is 3.04. The number of benzene rings is 2.